The molecule has 54 heavy (non-hydrogen) atoms. The fraction of sp³-hybridized carbons (Fsp3) is 0.0400. The smallest absolute Gasteiger partial charge is 0.113 e. The maximum absolute atomic E-state index is 2.55. The Bertz CT molecular complexity index is 3030. The lowest BCUT2D eigenvalue weighted by atomic mass is 10.0. The Labute approximate surface area is 315 Å². The number of fused-ring (bicyclic) bond motifs is 9. The van der Waals surface area contributed by atoms with E-state index in [-0.39, 0.29) is 0 Å². The van der Waals surface area contributed by atoms with Crippen LogP contribution < -0.4 is 15.3 Å². The maximum atomic E-state index is 2.55. The summed E-state index contributed by atoms with van der Waals surface area (Å²) in [4.78, 5) is 2.37. The van der Waals surface area contributed by atoms with E-state index < -0.39 is 8.07 Å². The number of rotatable bonds is 5. The summed E-state index contributed by atoms with van der Waals surface area (Å²) >= 11 is 0. The highest BCUT2D eigenvalue weighted by Gasteiger charge is 2.38. The molecular formula is C50H37N3Si. The quantitative estimate of drug-likeness (QED) is 0.162. The van der Waals surface area contributed by atoms with Crippen LogP contribution in [0.25, 0.3) is 66.1 Å². The second kappa shape index (κ2) is 11.7. The van der Waals surface area contributed by atoms with Gasteiger partial charge in [-0.05, 0) is 106 Å². The third kappa shape index (κ3) is 4.47. The molecule has 11 rings (SSSR count). The zero-order chi connectivity index (χ0) is 36.0. The van der Waals surface area contributed by atoms with Crippen LogP contribution in [0.4, 0.5) is 17.1 Å². The van der Waals surface area contributed by atoms with Crippen LogP contribution >= 0.6 is 0 Å². The number of hydrogen-bond acceptors (Lipinski definition) is 1. The van der Waals surface area contributed by atoms with Crippen molar-refractivity contribution in [2.75, 3.05) is 4.90 Å². The van der Waals surface area contributed by atoms with Gasteiger partial charge in [-0.1, -0.05) is 116 Å². The van der Waals surface area contributed by atoms with Crippen molar-refractivity contribution < 1.29 is 0 Å². The van der Waals surface area contributed by atoms with Gasteiger partial charge >= 0.3 is 0 Å². The molecule has 0 aliphatic carbocycles. The number of benzene rings is 8. The lowest BCUT2D eigenvalue weighted by molar-refractivity contribution is 1.16. The number of hydrogen-bond donors (Lipinski definition) is 0. The summed E-state index contributed by atoms with van der Waals surface area (Å²) in [6.07, 6.45) is 0. The molecule has 0 atom stereocenters. The maximum Gasteiger partial charge on any atom is 0.113 e. The molecule has 0 N–H and O–H groups in total. The molecule has 0 saturated carbocycles. The van der Waals surface area contributed by atoms with E-state index in [0.717, 1.165) is 22.7 Å². The van der Waals surface area contributed by atoms with Gasteiger partial charge in [-0.2, -0.15) is 0 Å². The molecule has 8 aromatic carbocycles. The molecule has 2 aromatic heterocycles. The monoisotopic (exact) mass is 707 g/mol. The van der Waals surface area contributed by atoms with Crippen LogP contribution in [0, 0.1) is 0 Å². The van der Waals surface area contributed by atoms with Gasteiger partial charge in [0.2, 0.25) is 0 Å². The second-order valence-electron chi connectivity index (χ2n) is 15.0. The highest BCUT2D eigenvalue weighted by atomic mass is 28.3. The SMILES string of the molecule is C[Si]1(C)c2ccccc2-c2cc3c(cc21)c1cc(N(c2ccccc2)c2ccccc2)ccc1n3-c1ccc2c(c1)c1ccccc1n2-c1ccccc1. The van der Waals surface area contributed by atoms with Gasteiger partial charge in [-0.3, -0.25) is 0 Å². The zero-order valence-corrected chi connectivity index (χ0v) is 31.2. The van der Waals surface area contributed by atoms with Gasteiger partial charge in [0.25, 0.3) is 0 Å². The average Bonchev–Trinajstić information content (AvgIpc) is 3.81. The van der Waals surface area contributed by atoms with Crippen molar-refractivity contribution in [1.82, 2.24) is 9.13 Å². The highest BCUT2D eigenvalue weighted by molar-refractivity contribution is 7.04. The molecule has 0 spiro atoms. The Hall–Kier alpha value is -6.62. The van der Waals surface area contributed by atoms with Crippen molar-refractivity contribution in [1.29, 1.82) is 0 Å². The Morgan fingerprint density at radius 1 is 0.352 bits per heavy atom. The summed E-state index contributed by atoms with van der Waals surface area (Å²) in [6.45, 7) is 5.02. The molecule has 0 saturated heterocycles. The van der Waals surface area contributed by atoms with Crippen molar-refractivity contribution >= 4 is 79.1 Å². The Morgan fingerprint density at radius 2 is 0.907 bits per heavy atom. The molecule has 1 aliphatic heterocycles. The van der Waals surface area contributed by atoms with Crippen LogP contribution in [-0.4, -0.2) is 17.2 Å². The zero-order valence-electron chi connectivity index (χ0n) is 30.2. The van der Waals surface area contributed by atoms with Crippen LogP contribution in [-0.2, 0) is 0 Å². The summed E-state index contributed by atoms with van der Waals surface area (Å²) in [6, 6.07) is 69.2. The van der Waals surface area contributed by atoms with Gasteiger partial charge in [-0.25, -0.2) is 0 Å². The average molecular weight is 708 g/mol. The topological polar surface area (TPSA) is 13.1 Å². The molecule has 0 bridgehead atoms. The number of aromatic nitrogens is 2. The molecule has 0 unspecified atom stereocenters. The van der Waals surface area contributed by atoms with E-state index in [1.54, 1.807) is 0 Å². The van der Waals surface area contributed by atoms with Gasteiger partial charge in [0.1, 0.15) is 8.07 Å². The highest BCUT2D eigenvalue weighted by Crippen LogP contribution is 2.42. The Morgan fingerprint density at radius 3 is 1.65 bits per heavy atom. The van der Waals surface area contributed by atoms with E-state index in [1.165, 1.54) is 70.8 Å². The second-order valence-corrected chi connectivity index (χ2v) is 19.3. The largest absolute Gasteiger partial charge is 0.310 e. The first-order valence-electron chi connectivity index (χ1n) is 18.8. The van der Waals surface area contributed by atoms with Gasteiger partial charge in [0, 0.05) is 50.0 Å². The number of para-hydroxylation sites is 4. The van der Waals surface area contributed by atoms with E-state index in [1.807, 2.05) is 0 Å². The van der Waals surface area contributed by atoms with Crippen molar-refractivity contribution in [2.45, 2.75) is 13.1 Å². The minimum atomic E-state index is -1.92. The minimum absolute atomic E-state index is 1.14. The van der Waals surface area contributed by atoms with Crippen molar-refractivity contribution in [3.8, 4) is 22.5 Å². The molecule has 0 fully saturated rings. The number of nitrogens with zero attached hydrogens (tertiary/aromatic N) is 3. The van der Waals surface area contributed by atoms with Gasteiger partial charge in [-0.15, -0.1) is 0 Å². The predicted molar refractivity (Wildman–Crippen MR) is 232 cm³/mol. The van der Waals surface area contributed by atoms with E-state index in [9.17, 15) is 0 Å². The summed E-state index contributed by atoms with van der Waals surface area (Å²) < 4.78 is 4.90. The molecule has 3 nitrogen and oxygen atoms in total. The molecule has 4 heteroatoms. The van der Waals surface area contributed by atoms with Gasteiger partial charge in [0.15, 0.2) is 0 Å². The molecule has 0 radical (unpaired) electrons. The van der Waals surface area contributed by atoms with Crippen LogP contribution in [0.15, 0.2) is 188 Å². The van der Waals surface area contributed by atoms with Crippen molar-refractivity contribution in [3.05, 3.63) is 188 Å². The number of anilines is 3. The van der Waals surface area contributed by atoms with Gasteiger partial charge < -0.3 is 14.0 Å². The van der Waals surface area contributed by atoms with Crippen LogP contribution in [0.1, 0.15) is 0 Å². The lowest BCUT2D eigenvalue weighted by Gasteiger charge is -2.25. The fourth-order valence-corrected chi connectivity index (χ4v) is 12.3. The molecule has 0 amide bonds. The standard InChI is InChI=1S/C50H37N3Si/c1-54(2)49-25-15-13-23-40(49)44-32-48-43(33-50(44)54)42-30-37(51(34-16-6-3-7-17-34)35-18-8-4-9-19-35)26-28-47(42)53(48)38-27-29-46-41(31-38)39-22-12-14-24-45(39)52(46)36-20-10-5-11-21-36/h3-33H,1-2H3. The Balaban J connectivity index is 1.21. The molecule has 1 aliphatic rings. The summed E-state index contributed by atoms with van der Waals surface area (Å²) in [5, 5.41) is 8.11. The third-order valence-electron chi connectivity index (χ3n) is 11.7. The third-order valence-corrected chi connectivity index (χ3v) is 15.2. The predicted octanol–water partition coefficient (Wildman–Crippen LogP) is 12.2. The van der Waals surface area contributed by atoms with Crippen molar-refractivity contribution in [2.24, 2.45) is 0 Å². The molecule has 256 valence electrons. The van der Waals surface area contributed by atoms with Crippen LogP contribution in [0.5, 0.6) is 0 Å². The fourth-order valence-electron chi connectivity index (χ4n) is 9.18. The van der Waals surface area contributed by atoms with E-state index >= 15 is 0 Å². The first-order valence-corrected chi connectivity index (χ1v) is 21.8. The Kier molecular flexibility index (Phi) is 6.70. The van der Waals surface area contributed by atoms with Crippen molar-refractivity contribution in [3.63, 3.8) is 0 Å². The normalized spacial score (nSPS) is 13.1. The van der Waals surface area contributed by atoms with E-state index in [2.05, 4.69) is 215 Å². The first kappa shape index (κ1) is 31.0. The van der Waals surface area contributed by atoms with Crippen LogP contribution in [0.2, 0.25) is 13.1 Å². The van der Waals surface area contributed by atoms with Crippen LogP contribution in [0.3, 0.4) is 0 Å². The van der Waals surface area contributed by atoms with E-state index in [0.29, 0.717) is 0 Å². The van der Waals surface area contributed by atoms with Gasteiger partial charge in [0.05, 0.1) is 22.1 Å². The molecular weight excluding hydrogens is 671 g/mol. The lowest BCUT2D eigenvalue weighted by Crippen LogP contribution is -2.49. The minimum Gasteiger partial charge on any atom is -0.310 e. The molecule has 10 aromatic rings. The van der Waals surface area contributed by atoms with E-state index in [4.69, 9.17) is 0 Å². The summed E-state index contributed by atoms with van der Waals surface area (Å²) in [7, 11) is -1.92. The summed E-state index contributed by atoms with van der Waals surface area (Å²) in [5.74, 6) is 0. The first-order chi connectivity index (χ1) is 26.6. The summed E-state index contributed by atoms with van der Waals surface area (Å²) in [5.41, 5.74) is 13.4. The molecule has 3 heterocycles.